The van der Waals surface area contributed by atoms with E-state index in [-0.39, 0.29) is 6.79 Å². The van der Waals surface area contributed by atoms with Crippen LogP contribution < -0.4 is 0 Å². The number of aliphatic hydroxyl groups excluding tert-OH is 1. The van der Waals surface area contributed by atoms with Crippen LogP contribution >= 0.6 is 67.8 Å². The zero-order chi connectivity index (χ0) is 9.84. The average molecular weight is 516 g/mol. The molecule has 0 unspecified atom stereocenters. The SMILES string of the molecule is OCOCc1c(I)ccc(I)c1I. The Morgan fingerprint density at radius 2 is 1.77 bits per heavy atom. The molecule has 2 nitrogen and oxygen atoms in total. The lowest BCUT2D eigenvalue weighted by Gasteiger charge is -2.08. The van der Waals surface area contributed by atoms with Crippen molar-refractivity contribution in [1.29, 1.82) is 0 Å². The highest BCUT2D eigenvalue weighted by Crippen LogP contribution is 2.24. The summed E-state index contributed by atoms with van der Waals surface area (Å²) in [7, 11) is 0. The molecule has 0 fully saturated rings. The van der Waals surface area contributed by atoms with E-state index >= 15 is 0 Å². The van der Waals surface area contributed by atoms with Crippen molar-refractivity contribution in [3.05, 3.63) is 28.4 Å². The van der Waals surface area contributed by atoms with Gasteiger partial charge < -0.3 is 9.84 Å². The Labute approximate surface area is 118 Å². The molecular weight excluding hydrogens is 509 g/mol. The molecule has 1 aromatic rings. The molecular formula is C8H7I3O2. The number of ether oxygens (including phenoxy) is 1. The Morgan fingerprint density at radius 1 is 1.15 bits per heavy atom. The zero-order valence-electron chi connectivity index (χ0n) is 6.56. The molecule has 0 bridgehead atoms. The van der Waals surface area contributed by atoms with E-state index in [0.717, 1.165) is 5.56 Å². The number of hydrogen-bond donors (Lipinski definition) is 1. The van der Waals surface area contributed by atoms with Gasteiger partial charge in [-0.05, 0) is 79.9 Å². The van der Waals surface area contributed by atoms with Crippen LogP contribution in [0.1, 0.15) is 5.56 Å². The third-order valence-electron chi connectivity index (χ3n) is 1.48. The molecule has 72 valence electrons. The molecule has 1 rings (SSSR count). The Kier molecular flexibility index (Phi) is 5.75. The van der Waals surface area contributed by atoms with Crippen molar-refractivity contribution in [3.8, 4) is 0 Å². The number of aliphatic hydroxyl groups is 1. The Balaban J connectivity index is 2.96. The van der Waals surface area contributed by atoms with E-state index in [4.69, 9.17) is 9.84 Å². The molecule has 5 heteroatoms. The monoisotopic (exact) mass is 516 g/mol. The third kappa shape index (κ3) is 3.43. The van der Waals surface area contributed by atoms with E-state index in [0.29, 0.717) is 6.61 Å². The lowest BCUT2D eigenvalue weighted by atomic mass is 10.2. The largest absolute Gasteiger partial charge is 0.371 e. The summed E-state index contributed by atoms with van der Waals surface area (Å²) in [6.07, 6.45) is 0. The van der Waals surface area contributed by atoms with E-state index in [1.165, 1.54) is 10.7 Å². The molecule has 0 aromatic heterocycles. The highest BCUT2D eigenvalue weighted by Gasteiger charge is 2.07. The molecule has 0 aliphatic rings. The first kappa shape index (κ1) is 12.4. The van der Waals surface area contributed by atoms with Crippen molar-refractivity contribution in [2.75, 3.05) is 6.79 Å². The molecule has 13 heavy (non-hydrogen) atoms. The Hall–Kier alpha value is 1.33. The van der Waals surface area contributed by atoms with Gasteiger partial charge in [0.2, 0.25) is 0 Å². The van der Waals surface area contributed by atoms with Gasteiger partial charge in [-0.1, -0.05) is 0 Å². The molecule has 0 radical (unpaired) electrons. The fourth-order valence-corrected chi connectivity index (χ4v) is 3.10. The van der Waals surface area contributed by atoms with Crippen molar-refractivity contribution in [3.63, 3.8) is 0 Å². The fraction of sp³-hybridized carbons (Fsp3) is 0.250. The van der Waals surface area contributed by atoms with Crippen LogP contribution in [0.3, 0.4) is 0 Å². The molecule has 0 aliphatic carbocycles. The van der Waals surface area contributed by atoms with E-state index < -0.39 is 0 Å². The molecule has 0 saturated carbocycles. The van der Waals surface area contributed by atoms with Crippen molar-refractivity contribution >= 4 is 67.8 Å². The summed E-state index contributed by atoms with van der Waals surface area (Å²) in [4.78, 5) is 0. The minimum Gasteiger partial charge on any atom is -0.371 e. The summed E-state index contributed by atoms with van der Waals surface area (Å²) in [5.74, 6) is 0. The van der Waals surface area contributed by atoms with Crippen molar-refractivity contribution in [2.45, 2.75) is 6.61 Å². The van der Waals surface area contributed by atoms with Crippen LogP contribution in [0, 0.1) is 10.7 Å². The van der Waals surface area contributed by atoms with E-state index in [9.17, 15) is 0 Å². The van der Waals surface area contributed by atoms with Crippen molar-refractivity contribution < 1.29 is 9.84 Å². The molecule has 1 aromatic carbocycles. The molecule has 0 saturated heterocycles. The number of rotatable bonds is 3. The van der Waals surface area contributed by atoms with Crippen LogP contribution in [0.5, 0.6) is 0 Å². The van der Waals surface area contributed by atoms with Gasteiger partial charge in [-0.3, -0.25) is 0 Å². The van der Waals surface area contributed by atoms with Crippen LogP contribution in [-0.4, -0.2) is 11.9 Å². The average Bonchev–Trinajstić information content (AvgIpc) is 2.12. The molecule has 0 atom stereocenters. The molecule has 1 N–H and O–H groups in total. The highest BCUT2D eigenvalue weighted by molar-refractivity contribution is 14.1. The smallest absolute Gasteiger partial charge is 0.144 e. The van der Waals surface area contributed by atoms with Crippen LogP contribution in [-0.2, 0) is 11.3 Å². The standard InChI is InChI=1S/C8H7I3O2/c9-6-1-2-7(10)8(11)5(6)3-13-4-12/h1-2,12H,3-4H2. The molecule has 0 aliphatic heterocycles. The number of halogens is 3. The van der Waals surface area contributed by atoms with E-state index in [1.807, 2.05) is 0 Å². The maximum atomic E-state index is 8.55. The predicted octanol–water partition coefficient (Wildman–Crippen LogP) is 2.97. The minimum atomic E-state index is -0.225. The second kappa shape index (κ2) is 6.03. The highest BCUT2D eigenvalue weighted by atomic mass is 127. The minimum absolute atomic E-state index is 0.225. The molecule has 0 amide bonds. The van der Waals surface area contributed by atoms with Gasteiger partial charge in [-0.15, -0.1) is 0 Å². The van der Waals surface area contributed by atoms with Gasteiger partial charge >= 0.3 is 0 Å². The molecule has 0 heterocycles. The fourth-order valence-electron chi connectivity index (χ4n) is 0.849. The quantitative estimate of drug-likeness (QED) is 0.381. The number of benzene rings is 1. The second-order valence-electron chi connectivity index (χ2n) is 2.30. The first-order valence-electron chi connectivity index (χ1n) is 3.47. The van der Waals surface area contributed by atoms with Crippen molar-refractivity contribution in [2.24, 2.45) is 0 Å². The molecule has 0 spiro atoms. The summed E-state index contributed by atoms with van der Waals surface area (Å²) in [5, 5.41) is 8.55. The van der Waals surface area contributed by atoms with Gasteiger partial charge in [0, 0.05) is 16.3 Å². The Bertz CT molecular complexity index is 302. The van der Waals surface area contributed by atoms with Crippen LogP contribution in [0.15, 0.2) is 12.1 Å². The lowest BCUT2D eigenvalue weighted by molar-refractivity contribution is -0.0117. The zero-order valence-corrected chi connectivity index (χ0v) is 13.0. The Morgan fingerprint density at radius 3 is 2.38 bits per heavy atom. The van der Waals surface area contributed by atoms with Gasteiger partial charge in [0.05, 0.1) is 6.61 Å². The normalized spacial score (nSPS) is 10.5. The maximum absolute atomic E-state index is 8.55. The van der Waals surface area contributed by atoms with E-state index in [2.05, 4.69) is 79.9 Å². The first-order valence-corrected chi connectivity index (χ1v) is 6.71. The van der Waals surface area contributed by atoms with Crippen LogP contribution in [0.25, 0.3) is 0 Å². The predicted molar refractivity (Wildman–Crippen MR) is 76.5 cm³/mol. The lowest BCUT2D eigenvalue weighted by Crippen LogP contribution is -2.00. The topological polar surface area (TPSA) is 29.5 Å². The second-order valence-corrected chi connectivity index (χ2v) is 5.70. The maximum Gasteiger partial charge on any atom is 0.144 e. The number of hydrogen-bond acceptors (Lipinski definition) is 2. The summed E-state index contributed by atoms with van der Waals surface area (Å²) in [6, 6.07) is 4.13. The summed E-state index contributed by atoms with van der Waals surface area (Å²) < 4.78 is 8.58. The summed E-state index contributed by atoms with van der Waals surface area (Å²) >= 11 is 6.86. The third-order valence-corrected chi connectivity index (χ3v) is 5.65. The summed E-state index contributed by atoms with van der Waals surface area (Å²) in [6.45, 7) is 0.252. The van der Waals surface area contributed by atoms with Gasteiger partial charge in [-0.2, -0.15) is 0 Å². The van der Waals surface area contributed by atoms with Gasteiger partial charge in [0.1, 0.15) is 6.79 Å². The van der Waals surface area contributed by atoms with Crippen LogP contribution in [0.2, 0.25) is 0 Å². The van der Waals surface area contributed by atoms with E-state index in [1.54, 1.807) is 0 Å². The van der Waals surface area contributed by atoms with Gasteiger partial charge in [0.25, 0.3) is 0 Å². The van der Waals surface area contributed by atoms with Gasteiger partial charge in [0.15, 0.2) is 0 Å². The first-order chi connectivity index (χ1) is 6.16. The van der Waals surface area contributed by atoms with Crippen LogP contribution in [0.4, 0.5) is 0 Å². The van der Waals surface area contributed by atoms with Gasteiger partial charge in [-0.25, -0.2) is 0 Å². The summed E-state index contributed by atoms with van der Waals surface area (Å²) in [5.41, 5.74) is 1.15. The van der Waals surface area contributed by atoms with Crippen molar-refractivity contribution in [1.82, 2.24) is 0 Å².